The summed E-state index contributed by atoms with van der Waals surface area (Å²) in [5.41, 5.74) is 1.42. The quantitative estimate of drug-likeness (QED) is 0.643. The Morgan fingerprint density at radius 3 is 2.44 bits per heavy atom. The molecule has 0 fully saturated rings. The largest absolute Gasteiger partial charge is 0.255 e. The second kappa shape index (κ2) is 4.39. The number of rotatable bonds is 1. The zero-order valence-electron chi connectivity index (χ0n) is 8.81. The Labute approximate surface area is 117 Å². The summed E-state index contributed by atoms with van der Waals surface area (Å²) in [6.07, 6.45) is 1.37. The van der Waals surface area contributed by atoms with Crippen molar-refractivity contribution in [3.63, 3.8) is 0 Å². The van der Waals surface area contributed by atoms with Crippen LogP contribution in [0.3, 0.4) is 0 Å². The average Bonchev–Trinajstić information content (AvgIpc) is 2.80. The van der Waals surface area contributed by atoms with Crippen LogP contribution in [0.25, 0.3) is 16.9 Å². The first-order valence-corrected chi connectivity index (χ1v) is 6.11. The van der Waals surface area contributed by atoms with Crippen molar-refractivity contribution < 1.29 is 0 Å². The molecule has 0 spiro atoms. The predicted octanol–water partition coefficient (Wildman–Crippen LogP) is 3.75. The van der Waals surface area contributed by atoms with Gasteiger partial charge in [0.15, 0.2) is 0 Å². The van der Waals surface area contributed by atoms with Crippen molar-refractivity contribution in [2.24, 2.45) is 0 Å². The van der Waals surface area contributed by atoms with Crippen molar-refractivity contribution in [3.8, 4) is 11.1 Å². The minimum absolute atomic E-state index is 0.280. The van der Waals surface area contributed by atoms with E-state index in [4.69, 9.17) is 34.8 Å². The number of nitrogens with zero attached hydrogens (tertiary/aromatic N) is 4. The van der Waals surface area contributed by atoms with Crippen LogP contribution in [0.2, 0.25) is 15.3 Å². The van der Waals surface area contributed by atoms with Crippen LogP contribution in [-0.2, 0) is 0 Å². The van der Waals surface area contributed by atoms with Gasteiger partial charge in [0.25, 0.3) is 5.78 Å². The minimum Gasteiger partial charge on any atom is -0.198 e. The van der Waals surface area contributed by atoms with Gasteiger partial charge in [0, 0.05) is 5.02 Å². The molecule has 0 N–H and O–H groups in total. The Morgan fingerprint density at radius 2 is 1.72 bits per heavy atom. The van der Waals surface area contributed by atoms with Gasteiger partial charge in [-0.2, -0.15) is 19.6 Å². The fraction of sp³-hybridized carbons (Fsp3) is 0. The number of halogens is 3. The molecule has 0 aliphatic carbocycles. The highest BCUT2D eigenvalue weighted by molar-refractivity contribution is 6.38. The zero-order chi connectivity index (χ0) is 12.7. The summed E-state index contributed by atoms with van der Waals surface area (Å²) < 4.78 is 1.43. The fourth-order valence-corrected chi connectivity index (χ4v) is 2.41. The first-order valence-electron chi connectivity index (χ1n) is 4.97. The summed E-state index contributed by atoms with van der Waals surface area (Å²) >= 11 is 18.2. The lowest BCUT2D eigenvalue weighted by Crippen LogP contribution is -1.97. The fourth-order valence-electron chi connectivity index (χ4n) is 1.64. The highest BCUT2D eigenvalue weighted by Crippen LogP contribution is 2.33. The topological polar surface area (TPSA) is 43.1 Å². The SMILES string of the molecule is Clc1ccc(-c2c(Cl)nc3ncnn3c2Cl)cc1. The molecule has 0 aliphatic rings. The van der Waals surface area contributed by atoms with Crippen LogP contribution in [0.15, 0.2) is 30.6 Å². The Kier molecular flexibility index (Phi) is 2.86. The molecule has 3 aromatic rings. The van der Waals surface area contributed by atoms with Crippen molar-refractivity contribution in [3.05, 3.63) is 45.9 Å². The normalized spacial score (nSPS) is 11.1. The van der Waals surface area contributed by atoms with E-state index >= 15 is 0 Å². The molecule has 90 valence electrons. The van der Waals surface area contributed by atoms with Crippen LogP contribution < -0.4 is 0 Å². The maximum Gasteiger partial charge on any atom is 0.255 e. The lowest BCUT2D eigenvalue weighted by molar-refractivity contribution is 0.942. The molecule has 0 saturated carbocycles. The number of benzene rings is 1. The van der Waals surface area contributed by atoms with E-state index in [1.54, 1.807) is 12.1 Å². The standard InChI is InChI=1S/C11H5Cl3N4/c12-7-3-1-6(2-4-7)8-9(13)17-11-15-5-16-18(11)10(8)14/h1-5H. The third-order valence-corrected chi connectivity index (χ3v) is 3.33. The molecule has 2 heterocycles. The van der Waals surface area contributed by atoms with Crippen molar-refractivity contribution >= 4 is 40.6 Å². The Bertz CT molecular complexity index is 721. The summed E-state index contributed by atoms with van der Waals surface area (Å²) in [5.74, 6) is 0.364. The molecule has 0 saturated heterocycles. The molecular weight excluding hydrogens is 295 g/mol. The molecule has 4 nitrogen and oxygen atoms in total. The van der Waals surface area contributed by atoms with E-state index in [-0.39, 0.29) is 5.15 Å². The first kappa shape index (κ1) is 11.7. The van der Waals surface area contributed by atoms with Crippen LogP contribution in [0.1, 0.15) is 0 Å². The highest BCUT2D eigenvalue weighted by atomic mass is 35.5. The summed E-state index contributed by atoms with van der Waals surface area (Å²) in [6.45, 7) is 0. The van der Waals surface area contributed by atoms with Crippen LogP contribution >= 0.6 is 34.8 Å². The first-order chi connectivity index (χ1) is 8.66. The average molecular weight is 300 g/mol. The molecule has 0 unspecified atom stereocenters. The van der Waals surface area contributed by atoms with Gasteiger partial charge in [-0.05, 0) is 17.7 Å². The maximum atomic E-state index is 6.27. The molecular formula is C11H5Cl3N4. The van der Waals surface area contributed by atoms with E-state index in [9.17, 15) is 0 Å². The van der Waals surface area contributed by atoms with Crippen LogP contribution in [0, 0.1) is 0 Å². The third kappa shape index (κ3) is 1.82. The summed E-state index contributed by atoms with van der Waals surface area (Å²) in [4.78, 5) is 8.07. The van der Waals surface area contributed by atoms with Crippen molar-refractivity contribution in [1.82, 2.24) is 19.6 Å². The van der Waals surface area contributed by atoms with Crippen LogP contribution in [-0.4, -0.2) is 19.6 Å². The van der Waals surface area contributed by atoms with Gasteiger partial charge in [0.2, 0.25) is 0 Å². The monoisotopic (exact) mass is 298 g/mol. The van der Waals surface area contributed by atoms with E-state index in [0.29, 0.717) is 21.5 Å². The molecule has 3 rings (SSSR count). The molecule has 0 atom stereocenters. The molecule has 7 heteroatoms. The van der Waals surface area contributed by atoms with Gasteiger partial charge >= 0.3 is 0 Å². The van der Waals surface area contributed by atoms with Gasteiger partial charge < -0.3 is 0 Å². The van der Waals surface area contributed by atoms with Gasteiger partial charge in [-0.25, -0.2) is 0 Å². The molecule has 18 heavy (non-hydrogen) atoms. The highest BCUT2D eigenvalue weighted by Gasteiger charge is 2.15. The maximum absolute atomic E-state index is 6.27. The Balaban J connectivity index is 2.30. The summed E-state index contributed by atoms with van der Waals surface area (Å²) in [5, 5.41) is 5.28. The molecule has 2 aromatic heterocycles. The van der Waals surface area contributed by atoms with E-state index in [1.807, 2.05) is 12.1 Å². The van der Waals surface area contributed by atoms with E-state index in [2.05, 4.69) is 15.1 Å². The van der Waals surface area contributed by atoms with Crippen LogP contribution in [0.5, 0.6) is 0 Å². The van der Waals surface area contributed by atoms with E-state index < -0.39 is 0 Å². The second-order valence-corrected chi connectivity index (χ2v) is 4.70. The van der Waals surface area contributed by atoms with E-state index in [1.165, 1.54) is 10.8 Å². The molecule has 0 amide bonds. The van der Waals surface area contributed by atoms with Crippen molar-refractivity contribution in [2.75, 3.05) is 0 Å². The predicted molar refractivity (Wildman–Crippen MR) is 71.2 cm³/mol. The van der Waals surface area contributed by atoms with Gasteiger partial charge in [-0.1, -0.05) is 46.9 Å². The lowest BCUT2D eigenvalue weighted by Gasteiger charge is -2.07. The third-order valence-electron chi connectivity index (χ3n) is 2.46. The summed E-state index contributed by atoms with van der Waals surface area (Å²) in [6, 6.07) is 7.16. The lowest BCUT2D eigenvalue weighted by atomic mass is 10.1. The van der Waals surface area contributed by atoms with E-state index in [0.717, 1.165) is 5.56 Å². The second-order valence-electron chi connectivity index (χ2n) is 3.55. The van der Waals surface area contributed by atoms with Gasteiger partial charge in [-0.15, -0.1) is 0 Å². The van der Waals surface area contributed by atoms with Gasteiger partial charge in [0.05, 0.1) is 5.56 Å². The van der Waals surface area contributed by atoms with Crippen molar-refractivity contribution in [1.29, 1.82) is 0 Å². The van der Waals surface area contributed by atoms with Crippen LogP contribution in [0.4, 0.5) is 0 Å². The number of hydrogen-bond donors (Lipinski definition) is 0. The molecule has 0 bridgehead atoms. The van der Waals surface area contributed by atoms with Gasteiger partial charge in [-0.3, -0.25) is 0 Å². The minimum atomic E-state index is 0.280. The number of fused-ring (bicyclic) bond motifs is 1. The Hall–Kier alpha value is -1.36. The molecule has 1 aromatic carbocycles. The summed E-state index contributed by atoms with van der Waals surface area (Å²) in [7, 11) is 0. The smallest absolute Gasteiger partial charge is 0.198 e. The number of aromatic nitrogens is 4. The van der Waals surface area contributed by atoms with Gasteiger partial charge in [0.1, 0.15) is 16.6 Å². The van der Waals surface area contributed by atoms with Crippen molar-refractivity contribution in [2.45, 2.75) is 0 Å². The number of hydrogen-bond acceptors (Lipinski definition) is 3. The zero-order valence-corrected chi connectivity index (χ0v) is 11.1. The molecule has 0 aliphatic heterocycles. The Morgan fingerprint density at radius 1 is 1.00 bits per heavy atom. The molecule has 0 radical (unpaired) electrons.